The number of rotatable bonds is 3. The molecule has 154 valence electrons. The van der Waals surface area contributed by atoms with E-state index in [0.29, 0.717) is 5.69 Å². The lowest BCUT2D eigenvalue weighted by Gasteiger charge is -2.12. The second-order valence-corrected chi connectivity index (χ2v) is 4.82. The van der Waals surface area contributed by atoms with Crippen LogP contribution in [0.1, 0.15) is 11.3 Å². The first kappa shape index (κ1) is 23.6. The average molecular weight is 433 g/mol. The van der Waals surface area contributed by atoms with Crippen LogP contribution in [-0.4, -0.2) is 42.8 Å². The maximum atomic E-state index is 13.5. The average Bonchev–Trinajstić information content (AvgIpc) is 2.68. The summed E-state index contributed by atoms with van der Waals surface area (Å²) in [6, 6.07) is 2.92. The van der Waals surface area contributed by atoms with Crippen LogP contribution in [0.25, 0.3) is 11.5 Å². The molecule has 0 spiro atoms. The lowest BCUT2D eigenvalue weighted by atomic mass is 10.3. The molecule has 29 heavy (non-hydrogen) atoms. The summed E-state index contributed by atoms with van der Waals surface area (Å²) < 4.78 is 55.8. The Morgan fingerprint density at radius 3 is 2.10 bits per heavy atom. The minimum absolute atomic E-state index is 0. The van der Waals surface area contributed by atoms with Crippen molar-refractivity contribution in [3.05, 3.63) is 54.4 Å². The van der Waals surface area contributed by atoms with Crippen LogP contribution < -0.4 is 10.5 Å². The highest BCUT2D eigenvalue weighted by molar-refractivity contribution is 5.92. The second kappa shape index (κ2) is 10.2. The van der Waals surface area contributed by atoms with E-state index in [4.69, 9.17) is 11.1 Å². The van der Waals surface area contributed by atoms with Crippen LogP contribution in [0.5, 0.6) is 5.88 Å². The minimum Gasteiger partial charge on any atom is -0.480 e. The number of ether oxygens (including phenoxy) is 1. The molecule has 0 bridgehead atoms. The van der Waals surface area contributed by atoms with Gasteiger partial charge in [-0.15, -0.1) is 12.4 Å². The lowest BCUT2D eigenvalue weighted by molar-refractivity contribution is -0.142. The second-order valence-electron chi connectivity index (χ2n) is 4.82. The number of halogens is 5. The Hall–Kier alpha value is -3.48. The summed E-state index contributed by atoms with van der Waals surface area (Å²) in [7, 11) is 0.959. The van der Waals surface area contributed by atoms with Crippen LogP contribution in [0.2, 0.25) is 0 Å². The first-order valence-corrected chi connectivity index (χ1v) is 7.29. The Morgan fingerprint density at radius 2 is 1.69 bits per heavy atom. The van der Waals surface area contributed by atoms with Crippen molar-refractivity contribution in [3.8, 4) is 17.4 Å². The molecule has 9 nitrogen and oxygen atoms in total. The van der Waals surface area contributed by atoms with Crippen molar-refractivity contribution in [1.29, 1.82) is 5.41 Å². The summed E-state index contributed by atoms with van der Waals surface area (Å²) >= 11 is 0. The van der Waals surface area contributed by atoms with Crippen molar-refractivity contribution < 1.29 is 22.3 Å². The zero-order chi connectivity index (χ0) is 20.7. The molecule has 0 aliphatic rings. The Balaban J connectivity index is 0.000000355. The van der Waals surface area contributed by atoms with E-state index in [2.05, 4.69) is 34.6 Å². The molecule has 0 amide bonds. The van der Waals surface area contributed by atoms with Gasteiger partial charge in [-0.05, 0) is 12.1 Å². The van der Waals surface area contributed by atoms with E-state index < -0.39 is 23.6 Å². The predicted molar refractivity (Wildman–Crippen MR) is 94.9 cm³/mol. The fourth-order valence-corrected chi connectivity index (χ4v) is 1.79. The van der Waals surface area contributed by atoms with Crippen molar-refractivity contribution in [2.24, 2.45) is 5.73 Å². The van der Waals surface area contributed by atoms with E-state index in [-0.39, 0.29) is 29.8 Å². The van der Waals surface area contributed by atoms with E-state index in [1.165, 1.54) is 18.6 Å². The third-order valence-corrected chi connectivity index (χ3v) is 2.98. The Labute approximate surface area is 167 Å². The van der Waals surface area contributed by atoms with Crippen molar-refractivity contribution in [3.63, 3.8) is 0 Å². The molecule has 0 saturated carbocycles. The molecular formula is C15H13ClF4N8O. The summed E-state index contributed by atoms with van der Waals surface area (Å²) in [5.74, 6) is -2.95. The van der Waals surface area contributed by atoms with E-state index in [9.17, 15) is 17.6 Å². The van der Waals surface area contributed by atoms with Gasteiger partial charge < -0.3 is 10.5 Å². The number of nitrogens with two attached hydrogens (primary N) is 1. The van der Waals surface area contributed by atoms with Gasteiger partial charge in [0, 0.05) is 12.4 Å². The van der Waals surface area contributed by atoms with Crippen LogP contribution in [0.3, 0.4) is 0 Å². The van der Waals surface area contributed by atoms with E-state index in [1.807, 2.05) is 0 Å². The lowest BCUT2D eigenvalue weighted by Crippen LogP contribution is -2.14. The third-order valence-electron chi connectivity index (χ3n) is 2.98. The number of alkyl halides is 3. The smallest absolute Gasteiger partial charge is 0.426 e. The van der Waals surface area contributed by atoms with Gasteiger partial charge in [-0.25, -0.2) is 19.9 Å². The van der Waals surface area contributed by atoms with Crippen molar-refractivity contribution in [2.45, 2.75) is 6.18 Å². The van der Waals surface area contributed by atoms with Gasteiger partial charge in [-0.3, -0.25) is 5.41 Å². The molecule has 0 saturated heterocycles. The SMILES string of the molecule is COc1nc(-c2ccncn2)nc(F)c1C(F)(F)F.Cl.N=C(N)c1ccncn1. The quantitative estimate of drug-likeness (QED) is 0.278. The highest BCUT2D eigenvalue weighted by Crippen LogP contribution is 2.37. The Kier molecular flexibility index (Phi) is 8.26. The first-order valence-electron chi connectivity index (χ1n) is 7.29. The van der Waals surface area contributed by atoms with Crippen LogP contribution in [-0.2, 0) is 6.18 Å². The van der Waals surface area contributed by atoms with E-state index >= 15 is 0 Å². The van der Waals surface area contributed by atoms with E-state index in [1.54, 1.807) is 12.3 Å². The fourth-order valence-electron chi connectivity index (χ4n) is 1.79. The molecule has 14 heteroatoms. The predicted octanol–water partition coefficient (Wildman–Crippen LogP) is 2.28. The van der Waals surface area contributed by atoms with Crippen molar-refractivity contribution >= 4 is 18.2 Å². The van der Waals surface area contributed by atoms with Crippen LogP contribution in [0, 0.1) is 11.4 Å². The maximum Gasteiger partial charge on any atom is 0.426 e. The van der Waals surface area contributed by atoms with Gasteiger partial charge in [0.1, 0.15) is 29.9 Å². The van der Waals surface area contributed by atoms with Gasteiger partial charge in [-0.2, -0.15) is 27.5 Å². The number of amidine groups is 1. The highest BCUT2D eigenvalue weighted by atomic mass is 35.5. The van der Waals surface area contributed by atoms with Crippen LogP contribution in [0.15, 0.2) is 37.2 Å². The van der Waals surface area contributed by atoms with Gasteiger partial charge in [0.2, 0.25) is 11.8 Å². The van der Waals surface area contributed by atoms with Gasteiger partial charge in [0.05, 0.1) is 7.11 Å². The Bertz CT molecular complexity index is 944. The minimum atomic E-state index is -4.94. The van der Waals surface area contributed by atoms with Gasteiger partial charge in [0.15, 0.2) is 11.4 Å². The molecule has 3 N–H and O–H groups in total. The maximum absolute atomic E-state index is 13.5. The Morgan fingerprint density at radius 1 is 1.07 bits per heavy atom. The van der Waals surface area contributed by atoms with Gasteiger partial charge in [0.25, 0.3) is 0 Å². The zero-order valence-corrected chi connectivity index (χ0v) is 15.4. The molecule has 0 aromatic carbocycles. The number of hydrogen-bond donors (Lipinski definition) is 2. The summed E-state index contributed by atoms with van der Waals surface area (Å²) in [6.07, 6.45) is 0.425. The summed E-state index contributed by atoms with van der Waals surface area (Å²) in [5.41, 5.74) is 4.01. The standard InChI is InChI=1S/C10H6F4N4O.C5H6N4.ClH/c1-19-9-6(10(12,13)14)7(11)17-8(18-9)5-2-3-15-4-16-5;6-5(7)4-1-2-8-3-9-4;/h2-4H,1H3;1-3H,(H3,6,7);1H. The fraction of sp³-hybridized carbons (Fsp3) is 0.133. The van der Waals surface area contributed by atoms with Crippen molar-refractivity contribution in [2.75, 3.05) is 7.11 Å². The molecule has 0 unspecified atom stereocenters. The van der Waals surface area contributed by atoms with Crippen LogP contribution in [0.4, 0.5) is 17.6 Å². The third kappa shape index (κ3) is 6.27. The number of nitrogens with zero attached hydrogens (tertiary/aromatic N) is 6. The highest BCUT2D eigenvalue weighted by Gasteiger charge is 2.40. The van der Waals surface area contributed by atoms with Gasteiger partial charge >= 0.3 is 6.18 Å². The molecule has 3 heterocycles. The molecular weight excluding hydrogens is 420 g/mol. The molecule has 0 radical (unpaired) electrons. The first-order chi connectivity index (χ1) is 13.2. The number of nitrogen functional groups attached to an aromatic ring is 1. The zero-order valence-electron chi connectivity index (χ0n) is 14.6. The topological polar surface area (TPSA) is 136 Å². The normalized spacial score (nSPS) is 10.2. The molecule has 0 aliphatic heterocycles. The molecule has 0 aliphatic carbocycles. The molecule has 0 atom stereocenters. The molecule has 3 aromatic rings. The van der Waals surface area contributed by atoms with Crippen LogP contribution >= 0.6 is 12.4 Å². The summed E-state index contributed by atoms with van der Waals surface area (Å²) in [5, 5.41) is 6.92. The van der Waals surface area contributed by atoms with Gasteiger partial charge in [-0.1, -0.05) is 0 Å². The number of nitrogens with one attached hydrogen (secondary N) is 1. The monoisotopic (exact) mass is 432 g/mol. The number of hydrogen-bond acceptors (Lipinski definition) is 8. The molecule has 3 rings (SSSR count). The molecule has 3 aromatic heterocycles. The largest absolute Gasteiger partial charge is 0.480 e. The van der Waals surface area contributed by atoms with E-state index in [0.717, 1.165) is 13.4 Å². The number of methoxy groups -OCH3 is 1. The van der Waals surface area contributed by atoms with Crippen molar-refractivity contribution in [1.82, 2.24) is 29.9 Å². The molecule has 0 fully saturated rings. The summed E-state index contributed by atoms with van der Waals surface area (Å²) in [6.45, 7) is 0. The summed E-state index contributed by atoms with van der Waals surface area (Å²) in [4.78, 5) is 21.4. The number of aromatic nitrogens is 6.